The molecule has 0 unspecified atom stereocenters. The highest BCUT2D eigenvalue weighted by molar-refractivity contribution is 7.25. The zero-order valence-corrected chi connectivity index (χ0v) is 22.3. The van der Waals surface area contributed by atoms with Gasteiger partial charge in [0.25, 0.3) is 0 Å². The van der Waals surface area contributed by atoms with E-state index in [-0.39, 0.29) is 0 Å². The van der Waals surface area contributed by atoms with Crippen molar-refractivity contribution < 1.29 is 4.74 Å². The number of fused-ring (bicyclic) bond motifs is 12. The van der Waals surface area contributed by atoms with Gasteiger partial charge in [-0.15, -0.1) is 11.3 Å². The summed E-state index contributed by atoms with van der Waals surface area (Å²) >= 11 is 1.85. The van der Waals surface area contributed by atoms with Gasteiger partial charge < -0.3 is 10.1 Å². The number of nitrogens with one attached hydrogen (secondary N) is 1. The summed E-state index contributed by atoms with van der Waals surface area (Å²) in [6.45, 7) is 0. The maximum Gasteiger partial charge on any atom is 0.132 e. The van der Waals surface area contributed by atoms with E-state index in [1.807, 2.05) is 11.3 Å². The Morgan fingerprint density at radius 1 is 0.475 bits per heavy atom. The van der Waals surface area contributed by atoms with Crippen molar-refractivity contribution in [1.29, 1.82) is 0 Å². The lowest BCUT2D eigenvalue weighted by molar-refractivity contribution is 0.436. The van der Waals surface area contributed by atoms with Gasteiger partial charge in [-0.1, -0.05) is 84.9 Å². The third-order valence-electron chi connectivity index (χ3n) is 8.51. The van der Waals surface area contributed by atoms with E-state index in [0.29, 0.717) is 0 Å². The van der Waals surface area contributed by atoms with Crippen molar-refractivity contribution in [1.82, 2.24) is 0 Å². The minimum Gasteiger partial charge on any atom is -0.457 e. The number of rotatable bonds is 2. The maximum absolute atomic E-state index is 6.44. The zero-order chi connectivity index (χ0) is 26.3. The molecule has 0 saturated carbocycles. The Labute approximate surface area is 236 Å². The highest BCUT2D eigenvalue weighted by Gasteiger charge is 2.50. The fraction of sp³-hybridized carbons (Fsp3) is 0.0270. The molecular formula is C37H23NOS. The smallest absolute Gasteiger partial charge is 0.132 e. The van der Waals surface area contributed by atoms with Crippen molar-refractivity contribution in [3.8, 4) is 22.6 Å². The topological polar surface area (TPSA) is 21.3 Å². The molecule has 6 aromatic carbocycles. The average molecular weight is 530 g/mol. The van der Waals surface area contributed by atoms with E-state index in [0.717, 1.165) is 22.9 Å². The van der Waals surface area contributed by atoms with Crippen LogP contribution in [-0.4, -0.2) is 0 Å². The van der Waals surface area contributed by atoms with Gasteiger partial charge in [0.2, 0.25) is 0 Å². The van der Waals surface area contributed by atoms with Crippen LogP contribution < -0.4 is 10.1 Å². The van der Waals surface area contributed by atoms with Crippen LogP contribution in [0.1, 0.15) is 22.3 Å². The van der Waals surface area contributed by atoms with Crippen LogP contribution in [0.4, 0.5) is 11.4 Å². The van der Waals surface area contributed by atoms with Gasteiger partial charge in [0.15, 0.2) is 0 Å². The summed E-state index contributed by atoms with van der Waals surface area (Å²) in [6, 6.07) is 48.1. The van der Waals surface area contributed by atoms with E-state index >= 15 is 0 Å². The third-order valence-corrected chi connectivity index (χ3v) is 9.66. The van der Waals surface area contributed by atoms with Gasteiger partial charge in [-0.25, -0.2) is 0 Å². The number of para-hydroxylation sites is 2. The molecule has 0 saturated heterocycles. The molecule has 0 fully saturated rings. The summed E-state index contributed by atoms with van der Waals surface area (Å²) in [6.07, 6.45) is 0. The molecule has 0 bridgehead atoms. The second-order valence-electron chi connectivity index (χ2n) is 10.6. The minimum atomic E-state index is -0.426. The van der Waals surface area contributed by atoms with Gasteiger partial charge in [-0.2, -0.15) is 0 Å². The van der Waals surface area contributed by atoms with Gasteiger partial charge >= 0.3 is 0 Å². The molecule has 40 heavy (non-hydrogen) atoms. The van der Waals surface area contributed by atoms with E-state index in [2.05, 4.69) is 139 Å². The van der Waals surface area contributed by atoms with Crippen LogP contribution in [0, 0.1) is 0 Å². The molecule has 2 aliphatic rings. The third kappa shape index (κ3) is 2.87. The van der Waals surface area contributed by atoms with Gasteiger partial charge in [-0.05, 0) is 70.8 Å². The first kappa shape index (κ1) is 22.0. The highest BCUT2D eigenvalue weighted by atomic mass is 32.1. The molecule has 2 nitrogen and oxygen atoms in total. The molecule has 0 radical (unpaired) electrons. The predicted octanol–water partition coefficient (Wildman–Crippen LogP) is 10.3. The Bertz CT molecular complexity index is 2090. The van der Waals surface area contributed by atoms with Crippen LogP contribution >= 0.6 is 11.3 Å². The van der Waals surface area contributed by atoms with Gasteiger partial charge in [-0.3, -0.25) is 0 Å². The second kappa shape index (κ2) is 8.08. The standard InChI is InChI=1S/C37H23NOS/c1-3-11-29-25(9-1)27-21-23(38-24-18-20-36-28(22-24)26-10-2-8-16-35(26)40-36)17-19-30(27)37(29)31-12-4-6-14-33(31)39-34-15-7-5-13-32(34)37/h1-22,38H. The number of benzene rings is 6. The summed E-state index contributed by atoms with van der Waals surface area (Å²) < 4.78 is 9.08. The van der Waals surface area contributed by atoms with E-state index in [9.17, 15) is 0 Å². The molecule has 2 heterocycles. The summed E-state index contributed by atoms with van der Waals surface area (Å²) in [5, 5.41) is 6.33. The van der Waals surface area contributed by atoms with Crippen LogP contribution in [0.25, 0.3) is 31.3 Å². The van der Waals surface area contributed by atoms with Crippen LogP contribution in [0.15, 0.2) is 133 Å². The fourth-order valence-corrected chi connectivity index (χ4v) is 7.99. The lowest BCUT2D eigenvalue weighted by atomic mass is 9.66. The largest absolute Gasteiger partial charge is 0.457 e. The van der Waals surface area contributed by atoms with Crippen molar-refractivity contribution in [2.24, 2.45) is 0 Å². The van der Waals surface area contributed by atoms with E-state index in [1.165, 1.54) is 53.6 Å². The number of thiophene rings is 1. The lowest BCUT2D eigenvalue weighted by Crippen LogP contribution is -2.32. The average Bonchev–Trinajstić information content (AvgIpc) is 3.51. The molecule has 1 aliphatic heterocycles. The Kier molecular flexibility index (Phi) is 4.44. The Morgan fingerprint density at radius 3 is 1.90 bits per heavy atom. The van der Waals surface area contributed by atoms with Crippen molar-refractivity contribution in [3.05, 3.63) is 156 Å². The molecule has 0 amide bonds. The summed E-state index contributed by atoms with van der Waals surface area (Å²) in [5.41, 5.74) is 9.26. The Balaban J connectivity index is 1.24. The molecule has 1 spiro atoms. The first-order valence-corrected chi connectivity index (χ1v) is 14.4. The van der Waals surface area contributed by atoms with Crippen LogP contribution in [-0.2, 0) is 5.41 Å². The Morgan fingerprint density at radius 2 is 1.07 bits per heavy atom. The maximum atomic E-state index is 6.44. The molecule has 1 aromatic heterocycles. The van der Waals surface area contributed by atoms with Gasteiger partial charge in [0.05, 0.1) is 5.41 Å². The molecule has 1 N–H and O–H groups in total. The predicted molar refractivity (Wildman–Crippen MR) is 166 cm³/mol. The summed E-state index contributed by atoms with van der Waals surface area (Å²) in [7, 11) is 0. The molecular weight excluding hydrogens is 506 g/mol. The lowest BCUT2D eigenvalue weighted by Gasteiger charge is -2.39. The van der Waals surface area contributed by atoms with Crippen molar-refractivity contribution in [3.63, 3.8) is 0 Å². The van der Waals surface area contributed by atoms with Crippen LogP contribution in [0.2, 0.25) is 0 Å². The molecule has 1 aliphatic carbocycles. The van der Waals surface area contributed by atoms with E-state index < -0.39 is 5.41 Å². The van der Waals surface area contributed by atoms with Crippen molar-refractivity contribution in [2.45, 2.75) is 5.41 Å². The number of hydrogen-bond donors (Lipinski definition) is 1. The first-order chi connectivity index (χ1) is 19.8. The number of ether oxygens (including phenoxy) is 1. The normalized spacial score (nSPS) is 13.9. The summed E-state index contributed by atoms with van der Waals surface area (Å²) in [5.74, 6) is 1.84. The van der Waals surface area contributed by atoms with Gasteiger partial charge in [0, 0.05) is 42.7 Å². The number of anilines is 2. The van der Waals surface area contributed by atoms with Crippen LogP contribution in [0.3, 0.4) is 0 Å². The monoisotopic (exact) mass is 529 g/mol. The zero-order valence-electron chi connectivity index (χ0n) is 21.5. The molecule has 0 atom stereocenters. The highest BCUT2D eigenvalue weighted by Crippen LogP contribution is 2.62. The minimum absolute atomic E-state index is 0.426. The number of hydrogen-bond acceptors (Lipinski definition) is 3. The van der Waals surface area contributed by atoms with E-state index in [4.69, 9.17) is 4.74 Å². The van der Waals surface area contributed by atoms with Crippen LogP contribution in [0.5, 0.6) is 11.5 Å². The molecule has 3 heteroatoms. The second-order valence-corrected chi connectivity index (χ2v) is 11.7. The quantitative estimate of drug-likeness (QED) is 0.240. The Hall–Kier alpha value is -4.86. The molecule has 9 rings (SSSR count). The van der Waals surface area contributed by atoms with E-state index in [1.54, 1.807) is 0 Å². The fourth-order valence-electron chi connectivity index (χ4n) is 6.91. The summed E-state index contributed by atoms with van der Waals surface area (Å²) in [4.78, 5) is 0. The van der Waals surface area contributed by atoms with Gasteiger partial charge in [0.1, 0.15) is 11.5 Å². The van der Waals surface area contributed by atoms with Crippen molar-refractivity contribution >= 4 is 42.9 Å². The molecule has 7 aromatic rings. The first-order valence-electron chi connectivity index (χ1n) is 13.6. The van der Waals surface area contributed by atoms with Crippen molar-refractivity contribution in [2.75, 3.05) is 5.32 Å². The molecule has 188 valence electrons. The SMILES string of the molecule is c1ccc2c(c1)Oc1ccccc1C21c2ccccc2-c2cc(Nc3ccc4sc5ccccc5c4c3)ccc21.